The van der Waals surface area contributed by atoms with Crippen molar-refractivity contribution in [3.63, 3.8) is 0 Å². The molecule has 1 atom stereocenters. The van der Waals surface area contributed by atoms with E-state index in [0.29, 0.717) is 42.6 Å². The number of fused-ring (bicyclic) bond motifs is 3. The lowest BCUT2D eigenvalue weighted by Gasteiger charge is -2.22. The normalized spacial score (nSPS) is 13.5. The van der Waals surface area contributed by atoms with Crippen molar-refractivity contribution in [2.24, 2.45) is 0 Å². The zero-order valence-electron chi connectivity index (χ0n) is 18.8. The molecule has 0 radical (unpaired) electrons. The molecule has 1 aromatic heterocycles. The highest BCUT2D eigenvalue weighted by atomic mass is 32.2. The fraction of sp³-hybridized carbons (Fsp3) is 0.348. The van der Waals surface area contributed by atoms with E-state index in [2.05, 4.69) is 15.6 Å². The Morgan fingerprint density at radius 1 is 1.12 bits per heavy atom. The van der Waals surface area contributed by atoms with Crippen LogP contribution in [0.2, 0.25) is 0 Å². The lowest BCUT2D eigenvalue weighted by atomic mass is 10.2. The number of methoxy groups -OCH3 is 2. The second kappa shape index (κ2) is 10.0. The van der Waals surface area contributed by atoms with Gasteiger partial charge in [-0.2, -0.15) is 11.8 Å². The number of carbonyl (C=O) groups excluding carboxylic acids is 2. The van der Waals surface area contributed by atoms with E-state index in [-0.39, 0.29) is 11.9 Å². The first kappa shape index (κ1) is 22.8. The molecule has 0 aliphatic carbocycles. The summed E-state index contributed by atoms with van der Waals surface area (Å²) in [5.41, 5.74) is 2.36. The molecule has 1 unspecified atom stereocenters. The number of amides is 3. The monoisotopic (exact) mass is 469 g/mol. The van der Waals surface area contributed by atoms with Crippen LogP contribution in [-0.4, -0.2) is 60.3 Å². The van der Waals surface area contributed by atoms with E-state index < -0.39 is 6.04 Å². The van der Waals surface area contributed by atoms with E-state index in [1.54, 1.807) is 49.1 Å². The van der Waals surface area contributed by atoms with E-state index in [0.717, 1.165) is 16.8 Å². The molecule has 0 spiro atoms. The number of para-hydroxylation sites is 2. The highest BCUT2D eigenvalue weighted by Gasteiger charge is 2.31. The van der Waals surface area contributed by atoms with Gasteiger partial charge in [-0.1, -0.05) is 12.1 Å². The van der Waals surface area contributed by atoms with Crippen molar-refractivity contribution in [2.75, 3.05) is 43.0 Å². The molecule has 2 aromatic carbocycles. The zero-order chi connectivity index (χ0) is 23.4. The lowest BCUT2D eigenvalue weighted by Crippen LogP contribution is -2.49. The Bertz CT molecular complexity index is 1140. The molecule has 10 heteroatoms. The van der Waals surface area contributed by atoms with Gasteiger partial charge in [0, 0.05) is 37.0 Å². The Hall–Kier alpha value is -3.40. The van der Waals surface area contributed by atoms with Gasteiger partial charge in [-0.15, -0.1) is 0 Å². The Morgan fingerprint density at radius 2 is 1.85 bits per heavy atom. The van der Waals surface area contributed by atoms with E-state index in [4.69, 9.17) is 9.47 Å². The van der Waals surface area contributed by atoms with Crippen LogP contribution in [0.15, 0.2) is 42.5 Å². The van der Waals surface area contributed by atoms with Crippen LogP contribution >= 0.6 is 11.8 Å². The summed E-state index contributed by atoms with van der Waals surface area (Å²) in [5, 5.41) is 5.78. The molecule has 1 aliphatic heterocycles. The second-order valence-corrected chi connectivity index (χ2v) is 8.56. The van der Waals surface area contributed by atoms with E-state index in [9.17, 15) is 9.59 Å². The Kier molecular flexibility index (Phi) is 6.93. The van der Waals surface area contributed by atoms with Gasteiger partial charge < -0.3 is 24.7 Å². The van der Waals surface area contributed by atoms with Crippen LogP contribution in [0, 0.1) is 0 Å². The number of ether oxygens (including phenoxy) is 2. The Labute approximate surface area is 196 Å². The maximum absolute atomic E-state index is 13.2. The van der Waals surface area contributed by atoms with Crippen LogP contribution in [0.1, 0.15) is 6.42 Å². The molecule has 0 fully saturated rings. The molecule has 3 aromatic rings. The highest BCUT2D eigenvalue weighted by molar-refractivity contribution is 7.98. The van der Waals surface area contributed by atoms with Gasteiger partial charge in [-0.3, -0.25) is 9.69 Å². The lowest BCUT2D eigenvalue weighted by molar-refractivity contribution is -0.117. The number of imidazole rings is 1. The second-order valence-electron chi connectivity index (χ2n) is 7.58. The zero-order valence-corrected chi connectivity index (χ0v) is 19.6. The molecule has 9 nitrogen and oxygen atoms in total. The summed E-state index contributed by atoms with van der Waals surface area (Å²) >= 11 is 1.62. The number of hydrogen-bond acceptors (Lipinski definition) is 6. The third-order valence-electron chi connectivity index (χ3n) is 5.51. The fourth-order valence-electron chi connectivity index (χ4n) is 3.82. The molecule has 0 saturated carbocycles. The highest BCUT2D eigenvalue weighted by Crippen LogP contribution is 2.28. The average molecular weight is 470 g/mol. The number of rotatable bonds is 8. The molecule has 1 aliphatic rings. The van der Waals surface area contributed by atoms with Gasteiger partial charge in [-0.25, -0.2) is 9.78 Å². The number of thioether (sulfide) groups is 1. The van der Waals surface area contributed by atoms with Crippen LogP contribution < -0.4 is 25.0 Å². The number of nitrogens with zero attached hydrogens (tertiary/aromatic N) is 3. The molecule has 33 heavy (non-hydrogen) atoms. The first-order chi connectivity index (χ1) is 16.0. The molecule has 2 heterocycles. The summed E-state index contributed by atoms with van der Waals surface area (Å²) in [6.07, 6.45) is 2.45. The number of anilines is 2. The molecule has 0 saturated heterocycles. The third-order valence-corrected chi connectivity index (χ3v) is 6.16. The van der Waals surface area contributed by atoms with Gasteiger partial charge in [0.25, 0.3) is 0 Å². The predicted molar refractivity (Wildman–Crippen MR) is 131 cm³/mol. The number of hydrogen-bond donors (Lipinski definition) is 2. The van der Waals surface area contributed by atoms with Gasteiger partial charge in [0.05, 0.1) is 25.3 Å². The minimum Gasteiger partial charge on any atom is -0.497 e. The molecule has 174 valence electrons. The summed E-state index contributed by atoms with van der Waals surface area (Å²) in [5.74, 6) is 2.13. The summed E-state index contributed by atoms with van der Waals surface area (Å²) in [6, 6.07) is 11.9. The van der Waals surface area contributed by atoms with Gasteiger partial charge in [-0.05, 0) is 30.6 Å². The van der Waals surface area contributed by atoms with Crippen molar-refractivity contribution in [1.29, 1.82) is 0 Å². The van der Waals surface area contributed by atoms with Crippen LogP contribution in [0.4, 0.5) is 16.4 Å². The smallest absolute Gasteiger partial charge is 0.324 e. The van der Waals surface area contributed by atoms with Crippen LogP contribution in [0.3, 0.4) is 0 Å². The molecular weight excluding hydrogens is 442 g/mol. The molecule has 0 bridgehead atoms. The average Bonchev–Trinajstić information content (AvgIpc) is 3.40. The maximum Gasteiger partial charge on any atom is 0.324 e. The van der Waals surface area contributed by atoms with Crippen molar-refractivity contribution in [1.82, 2.24) is 14.9 Å². The summed E-state index contributed by atoms with van der Waals surface area (Å²) < 4.78 is 12.6. The topological polar surface area (TPSA) is 97.7 Å². The van der Waals surface area contributed by atoms with E-state index in [1.807, 2.05) is 35.1 Å². The van der Waals surface area contributed by atoms with Crippen molar-refractivity contribution < 1.29 is 19.1 Å². The van der Waals surface area contributed by atoms with Gasteiger partial charge >= 0.3 is 6.03 Å². The number of nitrogens with one attached hydrogen (secondary N) is 2. The molecule has 3 amide bonds. The first-order valence-corrected chi connectivity index (χ1v) is 12.0. The number of benzene rings is 2. The van der Waals surface area contributed by atoms with Gasteiger partial charge in [0.15, 0.2) is 0 Å². The van der Waals surface area contributed by atoms with Crippen LogP contribution in [0.25, 0.3) is 11.0 Å². The van der Waals surface area contributed by atoms with Crippen molar-refractivity contribution >= 4 is 46.4 Å². The van der Waals surface area contributed by atoms with Crippen LogP contribution in [0.5, 0.6) is 11.5 Å². The van der Waals surface area contributed by atoms with Crippen molar-refractivity contribution in [2.45, 2.75) is 19.0 Å². The largest absolute Gasteiger partial charge is 0.497 e. The molecule has 4 rings (SSSR count). The minimum absolute atomic E-state index is 0.305. The Balaban J connectivity index is 1.50. The third kappa shape index (κ3) is 4.85. The van der Waals surface area contributed by atoms with Gasteiger partial charge in [0.1, 0.15) is 17.5 Å². The molecule has 2 N–H and O–H groups in total. The fourth-order valence-corrected chi connectivity index (χ4v) is 4.29. The minimum atomic E-state index is -0.708. The SMILES string of the molecule is COc1cc(NC(=O)C(CCSC)NC(=O)N2CCn3c2nc2ccccc23)cc(OC)c1. The summed E-state index contributed by atoms with van der Waals surface area (Å²) in [6.45, 7) is 1.16. The summed E-state index contributed by atoms with van der Waals surface area (Å²) in [4.78, 5) is 32.5. The quantitative estimate of drug-likeness (QED) is 0.525. The summed E-state index contributed by atoms with van der Waals surface area (Å²) in [7, 11) is 3.09. The number of carbonyl (C=O) groups is 2. The van der Waals surface area contributed by atoms with E-state index in [1.165, 1.54) is 0 Å². The number of aromatic nitrogens is 2. The predicted octanol–water partition coefficient (Wildman–Crippen LogP) is 3.34. The van der Waals surface area contributed by atoms with E-state index >= 15 is 0 Å². The number of urea groups is 1. The van der Waals surface area contributed by atoms with Crippen molar-refractivity contribution in [3.8, 4) is 11.5 Å². The van der Waals surface area contributed by atoms with Gasteiger partial charge in [0.2, 0.25) is 11.9 Å². The van der Waals surface area contributed by atoms with Crippen LogP contribution in [-0.2, 0) is 11.3 Å². The Morgan fingerprint density at radius 3 is 2.55 bits per heavy atom. The van der Waals surface area contributed by atoms with Crippen molar-refractivity contribution in [3.05, 3.63) is 42.5 Å². The standard InChI is InChI=1S/C23H27N5O4S/c1-31-16-12-15(13-17(14-16)32-2)24-21(29)19(8-11-33-3)26-23(30)28-10-9-27-20-7-5-4-6-18(20)25-22(27)28/h4-7,12-14,19H,8-11H2,1-3H3,(H,24,29)(H,26,30). The molecular formula is C23H27N5O4S. The first-order valence-electron chi connectivity index (χ1n) is 10.6. The maximum atomic E-state index is 13.2.